The van der Waals surface area contributed by atoms with E-state index < -0.39 is 0 Å². The Kier molecular flexibility index (Phi) is 5.80. The van der Waals surface area contributed by atoms with Gasteiger partial charge in [-0.2, -0.15) is 0 Å². The van der Waals surface area contributed by atoms with Gasteiger partial charge >= 0.3 is 0 Å². The van der Waals surface area contributed by atoms with E-state index in [1.54, 1.807) is 25.5 Å². The van der Waals surface area contributed by atoms with Crippen molar-refractivity contribution >= 4 is 16.9 Å². The first-order valence-electron chi connectivity index (χ1n) is 9.84. The molecule has 0 saturated carbocycles. The highest BCUT2D eigenvalue weighted by Gasteiger charge is 2.23. The summed E-state index contributed by atoms with van der Waals surface area (Å²) in [5, 5.41) is 3.58. The molecule has 0 radical (unpaired) electrons. The van der Waals surface area contributed by atoms with Gasteiger partial charge < -0.3 is 23.6 Å². The van der Waals surface area contributed by atoms with Gasteiger partial charge in [-0.15, -0.1) is 0 Å². The lowest BCUT2D eigenvalue weighted by atomic mass is 10.0. The van der Waals surface area contributed by atoms with Crippen molar-refractivity contribution in [1.29, 1.82) is 0 Å². The molecule has 6 nitrogen and oxygen atoms in total. The summed E-state index contributed by atoms with van der Waals surface area (Å²) in [6.45, 7) is 6.42. The molecule has 2 heterocycles. The van der Waals surface area contributed by atoms with E-state index in [2.05, 4.69) is 11.9 Å². The van der Waals surface area contributed by atoms with Gasteiger partial charge in [0.1, 0.15) is 35.2 Å². The van der Waals surface area contributed by atoms with Crippen LogP contribution in [0.2, 0.25) is 0 Å². The Hall–Kier alpha value is -3.93. The molecule has 4 aromatic rings. The summed E-state index contributed by atoms with van der Waals surface area (Å²) in [6.07, 6.45) is 1.57. The molecule has 31 heavy (non-hydrogen) atoms. The van der Waals surface area contributed by atoms with E-state index in [0.29, 0.717) is 40.4 Å². The van der Waals surface area contributed by atoms with Crippen LogP contribution in [0.3, 0.4) is 0 Å². The lowest BCUT2D eigenvalue weighted by Crippen LogP contribution is -2.22. The van der Waals surface area contributed by atoms with Gasteiger partial charge in [0.25, 0.3) is 5.91 Å². The fraction of sp³-hybridized carbons (Fsp3) is 0.160. The van der Waals surface area contributed by atoms with Crippen molar-refractivity contribution in [3.63, 3.8) is 0 Å². The predicted octanol–water partition coefficient (Wildman–Crippen LogP) is 5.59. The maximum Gasteiger partial charge on any atom is 0.256 e. The first kappa shape index (κ1) is 20.3. The largest absolute Gasteiger partial charge is 0.497 e. The van der Waals surface area contributed by atoms with E-state index in [4.69, 9.17) is 18.3 Å². The van der Waals surface area contributed by atoms with Crippen molar-refractivity contribution in [2.24, 2.45) is 0 Å². The second-order valence-electron chi connectivity index (χ2n) is 7.20. The number of hydrogen-bond donors (Lipinski definition) is 1. The highest BCUT2D eigenvalue weighted by molar-refractivity contribution is 6.11. The summed E-state index contributed by atoms with van der Waals surface area (Å²) < 4.78 is 22.4. The average Bonchev–Trinajstić information content (AvgIpc) is 3.43. The fourth-order valence-electron chi connectivity index (χ4n) is 3.21. The Bertz CT molecular complexity index is 1200. The third-order valence-electron chi connectivity index (χ3n) is 4.73. The molecule has 6 heteroatoms. The molecule has 0 unspecified atom stereocenters. The van der Waals surface area contributed by atoms with E-state index >= 15 is 0 Å². The number of furan rings is 2. The maximum absolute atomic E-state index is 13.2. The van der Waals surface area contributed by atoms with Gasteiger partial charge in [0.2, 0.25) is 0 Å². The predicted molar refractivity (Wildman–Crippen MR) is 118 cm³/mol. The Morgan fingerprint density at radius 3 is 2.55 bits per heavy atom. The minimum atomic E-state index is -0.266. The number of nitrogens with one attached hydrogen (secondary N) is 1. The Morgan fingerprint density at radius 1 is 1.10 bits per heavy atom. The van der Waals surface area contributed by atoms with Crippen LogP contribution in [0, 0.1) is 0 Å². The first-order valence-corrected chi connectivity index (χ1v) is 9.84. The Labute approximate surface area is 180 Å². The second kappa shape index (κ2) is 8.83. The van der Waals surface area contributed by atoms with Crippen molar-refractivity contribution in [3.05, 3.63) is 84.3 Å². The van der Waals surface area contributed by atoms with Gasteiger partial charge in [-0.25, -0.2) is 0 Å². The number of carbonyl (C=O) groups excluding carboxylic acids is 1. The summed E-state index contributed by atoms with van der Waals surface area (Å²) in [4.78, 5) is 13.2. The van der Waals surface area contributed by atoms with Crippen molar-refractivity contribution in [2.45, 2.75) is 13.5 Å². The number of fused-ring (bicyclic) bond motifs is 1. The molecule has 2 aromatic carbocycles. The molecule has 1 N–H and O–H groups in total. The molecule has 0 aliphatic heterocycles. The Morgan fingerprint density at radius 2 is 1.87 bits per heavy atom. The zero-order chi connectivity index (χ0) is 21.8. The molecule has 2 aromatic heterocycles. The SMILES string of the molecule is C=C(C)COc1ccc2oc(-c3ccc(OC)cc3)c(C(=O)NCc3ccco3)c2c1. The standard InChI is InChI=1S/C25H23NO5/c1-16(2)15-30-19-10-11-22-21(13-19)23(25(27)26-14-20-5-4-12-29-20)24(31-22)17-6-8-18(28-3)9-7-17/h4-13H,1,14-15H2,2-3H3,(H,26,27). The smallest absolute Gasteiger partial charge is 0.256 e. The molecule has 0 saturated heterocycles. The minimum absolute atomic E-state index is 0.266. The van der Waals surface area contributed by atoms with E-state index in [1.807, 2.05) is 49.4 Å². The molecule has 0 aliphatic rings. The monoisotopic (exact) mass is 417 g/mol. The maximum atomic E-state index is 13.2. The number of benzene rings is 2. The van der Waals surface area contributed by atoms with Gasteiger partial charge in [0.15, 0.2) is 0 Å². The topological polar surface area (TPSA) is 73.8 Å². The molecular formula is C25H23NO5. The summed E-state index contributed by atoms with van der Waals surface area (Å²) in [5.41, 5.74) is 2.70. The molecule has 0 atom stereocenters. The minimum Gasteiger partial charge on any atom is -0.497 e. The molecule has 0 bridgehead atoms. The van der Waals surface area contributed by atoms with Gasteiger partial charge in [0, 0.05) is 10.9 Å². The number of rotatable bonds is 8. The van der Waals surface area contributed by atoms with Crippen molar-refractivity contribution in [2.75, 3.05) is 13.7 Å². The van der Waals surface area contributed by atoms with Crippen molar-refractivity contribution in [1.82, 2.24) is 5.32 Å². The number of amides is 1. The third kappa shape index (κ3) is 4.48. The van der Waals surface area contributed by atoms with Crippen LogP contribution in [0.5, 0.6) is 11.5 Å². The van der Waals surface area contributed by atoms with Crippen molar-refractivity contribution < 1.29 is 23.1 Å². The van der Waals surface area contributed by atoms with Crippen molar-refractivity contribution in [3.8, 4) is 22.8 Å². The van der Waals surface area contributed by atoms with Gasteiger partial charge in [-0.05, 0) is 67.1 Å². The second-order valence-corrected chi connectivity index (χ2v) is 7.20. The molecule has 1 amide bonds. The third-order valence-corrected chi connectivity index (χ3v) is 4.73. The number of carbonyl (C=O) groups is 1. The van der Waals surface area contributed by atoms with E-state index in [-0.39, 0.29) is 12.5 Å². The molecule has 0 aliphatic carbocycles. The zero-order valence-corrected chi connectivity index (χ0v) is 17.4. The van der Waals surface area contributed by atoms with E-state index in [9.17, 15) is 4.79 Å². The lowest BCUT2D eigenvalue weighted by Gasteiger charge is -2.07. The van der Waals surface area contributed by atoms with Crippen LogP contribution in [0.25, 0.3) is 22.3 Å². The molecular weight excluding hydrogens is 394 g/mol. The summed E-state index contributed by atoms with van der Waals surface area (Å²) >= 11 is 0. The van der Waals surface area contributed by atoms with Gasteiger partial charge in [-0.1, -0.05) is 6.58 Å². The lowest BCUT2D eigenvalue weighted by molar-refractivity contribution is 0.0949. The normalized spacial score (nSPS) is 10.8. The molecule has 158 valence electrons. The molecule has 4 rings (SSSR count). The summed E-state index contributed by atoms with van der Waals surface area (Å²) in [5.74, 6) is 2.24. The van der Waals surface area contributed by atoms with E-state index in [0.717, 1.165) is 16.9 Å². The fourth-order valence-corrected chi connectivity index (χ4v) is 3.21. The van der Waals surface area contributed by atoms with E-state index in [1.165, 1.54) is 0 Å². The van der Waals surface area contributed by atoms with Crippen LogP contribution in [0.4, 0.5) is 0 Å². The quantitative estimate of drug-likeness (QED) is 0.379. The molecule has 0 fully saturated rings. The van der Waals surface area contributed by atoms with Crippen LogP contribution in [-0.2, 0) is 6.54 Å². The average molecular weight is 417 g/mol. The van der Waals surface area contributed by atoms with Crippen LogP contribution >= 0.6 is 0 Å². The summed E-state index contributed by atoms with van der Waals surface area (Å²) in [7, 11) is 1.61. The van der Waals surface area contributed by atoms with Crippen LogP contribution < -0.4 is 14.8 Å². The highest BCUT2D eigenvalue weighted by Crippen LogP contribution is 2.36. The molecule has 0 spiro atoms. The van der Waals surface area contributed by atoms with Crippen LogP contribution in [-0.4, -0.2) is 19.6 Å². The summed E-state index contributed by atoms with van der Waals surface area (Å²) in [6, 6.07) is 16.4. The number of ether oxygens (including phenoxy) is 2. The van der Waals surface area contributed by atoms with Gasteiger partial charge in [-0.3, -0.25) is 4.79 Å². The number of methoxy groups -OCH3 is 1. The van der Waals surface area contributed by atoms with Crippen LogP contribution in [0.1, 0.15) is 23.0 Å². The Balaban J connectivity index is 1.75. The number of hydrogen-bond acceptors (Lipinski definition) is 5. The first-order chi connectivity index (χ1) is 15.0. The highest BCUT2D eigenvalue weighted by atomic mass is 16.5. The zero-order valence-electron chi connectivity index (χ0n) is 17.4. The van der Waals surface area contributed by atoms with Gasteiger partial charge in [0.05, 0.1) is 25.5 Å². The van der Waals surface area contributed by atoms with Crippen LogP contribution in [0.15, 0.2) is 81.8 Å².